The van der Waals surface area contributed by atoms with Gasteiger partial charge in [-0.05, 0) is 18.1 Å². The summed E-state index contributed by atoms with van der Waals surface area (Å²) in [4.78, 5) is 16.0. The van der Waals surface area contributed by atoms with Gasteiger partial charge >= 0.3 is 0 Å². The number of amides is 1. The first-order valence-electron chi connectivity index (χ1n) is 7.98. The molecule has 0 aliphatic carbocycles. The third kappa shape index (κ3) is 6.12. The number of nitrogens with one attached hydrogen (secondary N) is 3. The molecule has 5 nitrogen and oxygen atoms in total. The summed E-state index contributed by atoms with van der Waals surface area (Å²) < 4.78 is 0. The van der Waals surface area contributed by atoms with Crippen LogP contribution in [0, 0.1) is 6.92 Å². The van der Waals surface area contributed by atoms with Gasteiger partial charge in [0.25, 0.3) is 0 Å². The van der Waals surface area contributed by atoms with Gasteiger partial charge in [-0.3, -0.25) is 9.79 Å². The largest absolute Gasteiger partial charge is 0.352 e. The van der Waals surface area contributed by atoms with Crippen molar-refractivity contribution in [3.8, 4) is 0 Å². The summed E-state index contributed by atoms with van der Waals surface area (Å²) in [5.41, 5.74) is 3.47. The first kappa shape index (κ1) is 17.5. The predicted octanol–water partition coefficient (Wildman–Crippen LogP) is 1.98. The van der Waals surface area contributed by atoms with E-state index in [-0.39, 0.29) is 12.5 Å². The topological polar surface area (TPSA) is 65.5 Å². The molecular weight excluding hydrogens is 300 g/mol. The van der Waals surface area contributed by atoms with Gasteiger partial charge in [-0.2, -0.15) is 0 Å². The summed E-state index contributed by atoms with van der Waals surface area (Å²) in [6.07, 6.45) is 0. The zero-order valence-corrected chi connectivity index (χ0v) is 14.2. The molecule has 2 aromatic rings. The van der Waals surface area contributed by atoms with Crippen LogP contribution in [0.15, 0.2) is 59.6 Å². The van der Waals surface area contributed by atoms with Gasteiger partial charge in [-0.15, -0.1) is 0 Å². The van der Waals surface area contributed by atoms with Gasteiger partial charge in [-0.1, -0.05) is 60.2 Å². The Hall–Kier alpha value is -2.82. The van der Waals surface area contributed by atoms with Crippen LogP contribution in [-0.4, -0.2) is 25.5 Å². The average molecular weight is 324 g/mol. The Morgan fingerprint density at radius 2 is 1.62 bits per heavy atom. The van der Waals surface area contributed by atoms with E-state index in [9.17, 15) is 4.79 Å². The van der Waals surface area contributed by atoms with E-state index in [1.807, 2.05) is 36.4 Å². The van der Waals surface area contributed by atoms with Gasteiger partial charge in [0.2, 0.25) is 5.91 Å². The number of carbonyl (C=O) groups is 1. The minimum absolute atomic E-state index is 0.0719. The first-order chi connectivity index (χ1) is 11.7. The second kappa shape index (κ2) is 9.35. The predicted molar refractivity (Wildman–Crippen MR) is 97.7 cm³/mol. The summed E-state index contributed by atoms with van der Waals surface area (Å²) in [6, 6.07) is 18.1. The van der Waals surface area contributed by atoms with Crippen molar-refractivity contribution in [1.82, 2.24) is 16.0 Å². The van der Waals surface area contributed by atoms with Crippen LogP contribution in [0.5, 0.6) is 0 Å². The van der Waals surface area contributed by atoms with Crippen LogP contribution < -0.4 is 16.0 Å². The molecule has 0 aliphatic heterocycles. The van der Waals surface area contributed by atoms with Gasteiger partial charge in [0.05, 0.1) is 6.54 Å². The fraction of sp³-hybridized carbons (Fsp3) is 0.263. The Balaban J connectivity index is 1.72. The molecule has 2 rings (SSSR count). The molecule has 126 valence electrons. The molecule has 0 saturated carbocycles. The highest BCUT2D eigenvalue weighted by atomic mass is 16.1. The zero-order chi connectivity index (χ0) is 17.2. The minimum Gasteiger partial charge on any atom is -0.352 e. The van der Waals surface area contributed by atoms with Crippen molar-refractivity contribution >= 4 is 11.9 Å². The molecule has 0 aromatic heterocycles. The van der Waals surface area contributed by atoms with E-state index in [1.54, 1.807) is 7.05 Å². The molecule has 1 amide bonds. The van der Waals surface area contributed by atoms with Gasteiger partial charge in [0, 0.05) is 20.1 Å². The maximum Gasteiger partial charge on any atom is 0.239 e. The van der Waals surface area contributed by atoms with Crippen molar-refractivity contribution in [3.05, 3.63) is 71.3 Å². The monoisotopic (exact) mass is 324 g/mol. The number of benzene rings is 2. The van der Waals surface area contributed by atoms with Gasteiger partial charge in [0.15, 0.2) is 5.96 Å². The summed E-state index contributed by atoms with van der Waals surface area (Å²) in [5, 5.41) is 9.09. The maximum atomic E-state index is 11.9. The molecule has 0 saturated heterocycles. The lowest BCUT2D eigenvalue weighted by Gasteiger charge is -2.12. The van der Waals surface area contributed by atoms with Crippen molar-refractivity contribution < 1.29 is 4.79 Å². The second-order valence-corrected chi connectivity index (χ2v) is 5.53. The maximum absolute atomic E-state index is 11.9. The van der Waals surface area contributed by atoms with E-state index in [0.29, 0.717) is 19.0 Å². The number of rotatable bonds is 6. The number of aliphatic imine (C=N–C) groups is 1. The summed E-state index contributed by atoms with van der Waals surface area (Å²) in [5.74, 6) is 0.531. The Morgan fingerprint density at radius 3 is 2.33 bits per heavy atom. The summed E-state index contributed by atoms with van der Waals surface area (Å²) in [7, 11) is 1.69. The van der Waals surface area contributed by atoms with Crippen LogP contribution in [0.4, 0.5) is 0 Å². The quantitative estimate of drug-likeness (QED) is 0.562. The van der Waals surface area contributed by atoms with Gasteiger partial charge in [-0.25, -0.2) is 0 Å². The molecule has 0 fully saturated rings. The van der Waals surface area contributed by atoms with E-state index >= 15 is 0 Å². The highest BCUT2D eigenvalue weighted by Gasteiger charge is 2.04. The van der Waals surface area contributed by atoms with Crippen molar-refractivity contribution in [1.29, 1.82) is 0 Å². The number of hydrogen-bond acceptors (Lipinski definition) is 2. The van der Waals surface area contributed by atoms with Crippen molar-refractivity contribution in [2.45, 2.75) is 20.0 Å². The normalized spacial score (nSPS) is 11.0. The Kier molecular flexibility index (Phi) is 6.83. The van der Waals surface area contributed by atoms with Crippen molar-refractivity contribution in [2.24, 2.45) is 4.99 Å². The summed E-state index contributed by atoms with van der Waals surface area (Å²) in [6.45, 7) is 3.43. The van der Waals surface area contributed by atoms with Crippen LogP contribution in [0.3, 0.4) is 0 Å². The van der Waals surface area contributed by atoms with E-state index in [1.165, 1.54) is 11.1 Å². The van der Waals surface area contributed by atoms with Crippen LogP contribution in [-0.2, 0) is 17.9 Å². The summed E-state index contributed by atoms with van der Waals surface area (Å²) >= 11 is 0. The molecule has 24 heavy (non-hydrogen) atoms. The number of hydrogen-bond donors (Lipinski definition) is 3. The fourth-order valence-electron chi connectivity index (χ4n) is 2.25. The molecule has 0 aliphatic rings. The third-order valence-corrected chi connectivity index (χ3v) is 3.51. The molecule has 3 N–H and O–H groups in total. The molecule has 0 spiro atoms. The lowest BCUT2D eigenvalue weighted by atomic mass is 10.1. The van der Waals surface area contributed by atoms with E-state index < -0.39 is 0 Å². The molecule has 0 bridgehead atoms. The zero-order valence-electron chi connectivity index (χ0n) is 14.2. The molecule has 0 radical (unpaired) electrons. The average Bonchev–Trinajstić information content (AvgIpc) is 2.61. The Morgan fingerprint density at radius 1 is 0.917 bits per heavy atom. The Labute approximate surface area is 143 Å². The molecule has 0 atom stereocenters. The highest BCUT2D eigenvalue weighted by molar-refractivity contribution is 5.86. The Bertz CT molecular complexity index is 683. The van der Waals surface area contributed by atoms with Crippen LogP contribution in [0.2, 0.25) is 0 Å². The number of aryl methyl sites for hydroxylation is 1. The van der Waals surface area contributed by atoms with Crippen LogP contribution in [0.25, 0.3) is 0 Å². The number of nitrogens with zero attached hydrogens (tertiary/aromatic N) is 1. The smallest absolute Gasteiger partial charge is 0.239 e. The fourth-order valence-corrected chi connectivity index (χ4v) is 2.25. The molecular formula is C19H24N4O. The molecule has 0 heterocycles. The third-order valence-electron chi connectivity index (χ3n) is 3.51. The van der Waals surface area contributed by atoms with Crippen molar-refractivity contribution in [2.75, 3.05) is 13.6 Å². The van der Waals surface area contributed by atoms with E-state index in [0.717, 1.165) is 5.56 Å². The van der Waals surface area contributed by atoms with E-state index in [2.05, 4.69) is 46.1 Å². The van der Waals surface area contributed by atoms with Crippen LogP contribution in [0.1, 0.15) is 16.7 Å². The lowest BCUT2D eigenvalue weighted by Crippen LogP contribution is -2.42. The first-order valence-corrected chi connectivity index (χ1v) is 7.98. The molecule has 2 aromatic carbocycles. The number of guanidine groups is 1. The molecule has 5 heteroatoms. The standard InChI is InChI=1S/C19H24N4O/c1-15-7-6-10-17(11-15)13-22-19(20-2)23-14-18(24)21-12-16-8-4-3-5-9-16/h3-11H,12-14H2,1-2H3,(H,21,24)(H2,20,22,23). The van der Waals surface area contributed by atoms with Gasteiger partial charge < -0.3 is 16.0 Å². The van der Waals surface area contributed by atoms with E-state index in [4.69, 9.17) is 0 Å². The highest BCUT2D eigenvalue weighted by Crippen LogP contribution is 2.03. The SMILES string of the molecule is CN=C(NCC(=O)NCc1ccccc1)NCc1cccc(C)c1. The molecule has 0 unspecified atom stereocenters. The van der Waals surface area contributed by atoms with Crippen molar-refractivity contribution in [3.63, 3.8) is 0 Å². The minimum atomic E-state index is -0.0719. The second-order valence-electron chi connectivity index (χ2n) is 5.53. The number of carbonyl (C=O) groups excluding carboxylic acids is 1. The van der Waals surface area contributed by atoms with Crippen LogP contribution >= 0.6 is 0 Å². The van der Waals surface area contributed by atoms with Gasteiger partial charge in [0.1, 0.15) is 0 Å². The lowest BCUT2D eigenvalue weighted by molar-refractivity contribution is -0.120.